The van der Waals surface area contributed by atoms with Crippen LogP contribution < -0.4 is 16.6 Å². The lowest BCUT2D eigenvalue weighted by Crippen LogP contribution is -2.40. The molecule has 0 aromatic carbocycles. The third kappa shape index (κ3) is 3.82. The molecular formula is C8H12N4S. The van der Waals surface area contributed by atoms with E-state index in [9.17, 15) is 0 Å². The second-order valence-corrected chi connectivity index (χ2v) is 2.92. The minimum absolute atomic E-state index is 0.462. The van der Waals surface area contributed by atoms with Gasteiger partial charge < -0.3 is 10.7 Å². The normalized spacial score (nSPS) is 9.31. The third-order valence-corrected chi connectivity index (χ3v) is 1.82. The first-order valence-corrected chi connectivity index (χ1v) is 4.37. The Kier molecular flexibility index (Phi) is 4.14. The maximum atomic E-state index is 5.09. The average molecular weight is 196 g/mol. The minimum Gasteiger partial charge on any atom is -0.361 e. The summed E-state index contributed by atoms with van der Waals surface area (Å²) in [7, 11) is 0. The summed E-state index contributed by atoms with van der Waals surface area (Å²) in [4.78, 5) is 4.00. The highest BCUT2D eigenvalue weighted by Gasteiger charge is 1.93. The summed E-state index contributed by atoms with van der Waals surface area (Å²) in [5.41, 5.74) is 3.53. The van der Waals surface area contributed by atoms with E-state index in [-0.39, 0.29) is 0 Å². The molecule has 4 nitrogen and oxygen atoms in total. The maximum absolute atomic E-state index is 5.09. The molecule has 1 aromatic rings. The summed E-state index contributed by atoms with van der Waals surface area (Å²) in [5.74, 6) is 5.09. The molecule has 0 saturated carbocycles. The van der Waals surface area contributed by atoms with Gasteiger partial charge in [-0.05, 0) is 30.3 Å². The van der Waals surface area contributed by atoms with Crippen LogP contribution in [0.25, 0.3) is 0 Å². The van der Waals surface area contributed by atoms with Crippen molar-refractivity contribution in [3.8, 4) is 0 Å². The summed E-state index contributed by atoms with van der Waals surface area (Å²) in [6.45, 7) is 0.759. The monoisotopic (exact) mass is 196 g/mol. The van der Waals surface area contributed by atoms with Gasteiger partial charge in [-0.25, -0.2) is 5.84 Å². The quantitative estimate of drug-likeness (QED) is 0.360. The van der Waals surface area contributed by atoms with E-state index in [0.717, 1.165) is 13.0 Å². The Balaban J connectivity index is 2.24. The molecule has 0 radical (unpaired) electrons. The Bertz CT molecular complexity index is 262. The van der Waals surface area contributed by atoms with E-state index in [0.29, 0.717) is 5.11 Å². The van der Waals surface area contributed by atoms with Gasteiger partial charge in [0.15, 0.2) is 5.11 Å². The van der Waals surface area contributed by atoms with Crippen molar-refractivity contribution in [1.29, 1.82) is 0 Å². The number of hydrogen-bond acceptors (Lipinski definition) is 3. The summed E-state index contributed by atoms with van der Waals surface area (Å²) in [6.07, 6.45) is 4.47. The van der Waals surface area contributed by atoms with Crippen LogP contribution in [0.3, 0.4) is 0 Å². The van der Waals surface area contributed by atoms with Crippen LogP contribution in [-0.2, 0) is 6.42 Å². The molecule has 0 unspecified atom stereocenters. The number of nitrogens with two attached hydrogens (primary N) is 1. The lowest BCUT2D eigenvalue weighted by atomic mass is 10.2. The Morgan fingerprint density at radius 2 is 2.46 bits per heavy atom. The molecule has 0 atom stereocenters. The number of nitrogens with one attached hydrogen (secondary N) is 2. The first kappa shape index (κ1) is 9.88. The molecule has 13 heavy (non-hydrogen) atoms. The third-order valence-electron chi connectivity index (χ3n) is 1.55. The molecule has 0 saturated heterocycles. The highest BCUT2D eigenvalue weighted by Crippen LogP contribution is 1.94. The number of nitrogens with zero attached hydrogens (tertiary/aromatic N) is 1. The number of aromatic nitrogens is 1. The van der Waals surface area contributed by atoms with Crippen molar-refractivity contribution in [3.05, 3.63) is 30.1 Å². The van der Waals surface area contributed by atoms with Crippen LogP contribution in [0.1, 0.15) is 5.56 Å². The number of rotatable bonds is 3. The predicted octanol–water partition coefficient (Wildman–Crippen LogP) is -0.0381. The van der Waals surface area contributed by atoms with Gasteiger partial charge in [-0.15, -0.1) is 0 Å². The summed E-state index contributed by atoms with van der Waals surface area (Å²) >= 11 is 4.81. The minimum atomic E-state index is 0.462. The van der Waals surface area contributed by atoms with Gasteiger partial charge in [0.25, 0.3) is 0 Å². The highest BCUT2D eigenvalue weighted by atomic mass is 32.1. The maximum Gasteiger partial charge on any atom is 0.180 e. The van der Waals surface area contributed by atoms with Crippen molar-refractivity contribution in [2.24, 2.45) is 5.84 Å². The highest BCUT2D eigenvalue weighted by molar-refractivity contribution is 7.80. The molecule has 0 aliphatic rings. The Hall–Kier alpha value is -1.20. The fourth-order valence-corrected chi connectivity index (χ4v) is 1.02. The molecule has 0 aliphatic heterocycles. The number of pyridine rings is 1. The fourth-order valence-electron chi connectivity index (χ4n) is 0.917. The largest absolute Gasteiger partial charge is 0.361 e. The standard InChI is InChI=1S/C8H12N4S/c9-12-8(13)11-5-3-7-2-1-4-10-6-7/h1-2,4,6H,3,5,9H2,(H2,11,12,13). The molecular weight excluding hydrogens is 184 g/mol. The number of thiocarbonyl (C=S) groups is 1. The van der Waals surface area contributed by atoms with Crippen LogP contribution in [-0.4, -0.2) is 16.6 Å². The van der Waals surface area contributed by atoms with Gasteiger partial charge in [0.05, 0.1) is 0 Å². The zero-order valence-corrected chi connectivity index (χ0v) is 7.97. The number of hydrazine groups is 1. The van der Waals surface area contributed by atoms with E-state index in [4.69, 9.17) is 18.1 Å². The Labute approximate surface area is 82.5 Å². The second kappa shape index (κ2) is 5.45. The molecule has 1 heterocycles. The van der Waals surface area contributed by atoms with Crippen molar-refractivity contribution < 1.29 is 0 Å². The van der Waals surface area contributed by atoms with E-state index < -0.39 is 0 Å². The van der Waals surface area contributed by atoms with Crippen LogP contribution in [0.2, 0.25) is 0 Å². The Morgan fingerprint density at radius 1 is 1.62 bits per heavy atom. The fraction of sp³-hybridized carbons (Fsp3) is 0.250. The summed E-state index contributed by atoms with van der Waals surface area (Å²) in [5, 5.41) is 3.41. The molecule has 1 aromatic heterocycles. The lowest BCUT2D eigenvalue weighted by Gasteiger charge is -2.05. The van der Waals surface area contributed by atoms with E-state index >= 15 is 0 Å². The average Bonchev–Trinajstić information content (AvgIpc) is 2.19. The number of hydrogen-bond donors (Lipinski definition) is 3. The van der Waals surface area contributed by atoms with Crippen molar-refractivity contribution in [1.82, 2.24) is 15.7 Å². The van der Waals surface area contributed by atoms with Crippen LogP contribution in [0.5, 0.6) is 0 Å². The smallest absolute Gasteiger partial charge is 0.180 e. The van der Waals surface area contributed by atoms with Gasteiger partial charge in [-0.3, -0.25) is 4.98 Å². The molecule has 0 amide bonds. The van der Waals surface area contributed by atoms with Crippen molar-refractivity contribution >= 4 is 17.3 Å². The van der Waals surface area contributed by atoms with Gasteiger partial charge >= 0.3 is 0 Å². The van der Waals surface area contributed by atoms with Gasteiger partial charge in [0.1, 0.15) is 0 Å². The molecule has 70 valence electrons. The molecule has 5 heteroatoms. The summed E-state index contributed by atoms with van der Waals surface area (Å²) in [6, 6.07) is 3.93. The van der Waals surface area contributed by atoms with Gasteiger partial charge in [-0.1, -0.05) is 6.07 Å². The van der Waals surface area contributed by atoms with Crippen LogP contribution in [0, 0.1) is 0 Å². The van der Waals surface area contributed by atoms with Gasteiger partial charge in [0, 0.05) is 18.9 Å². The van der Waals surface area contributed by atoms with E-state index in [1.807, 2.05) is 18.3 Å². The SMILES string of the molecule is NNC(=S)NCCc1cccnc1. The lowest BCUT2D eigenvalue weighted by molar-refractivity contribution is 0.833. The van der Waals surface area contributed by atoms with Crippen LogP contribution >= 0.6 is 12.2 Å². The first-order valence-electron chi connectivity index (χ1n) is 3.96. The molecule has 0 bridgehead atoms. The van der Waals surface area contributed by atoms with Crippen molar-refractivity contribution in [2.75, 3.05) is 6.54 Å². The van der Waals surface area contributed by atoms with E-state index in [2.05, 4.69) is 15.7 Å². The summed E-state index contributed by atoms with van der Waals surface area (Å²) < 4.78 is 0. The Morgan fingerprint density at radius 3 is 3.08 bits per heavy atom. The zero-order valence-electron chi connectivity index (χ0n) is 7.16. The van der Waals surface area contributed by atoms with Crippen LogP contribution in [0.4, 0.5) is 0 Å². The van der Waals surface area contributed by atoms with Crippen molar-refractivity contribution in [2.45, 2.75) is 6.42 Å². The first-order chi connectivity index (χ1) is 6.33. The van der Waals surface area contributed by atoms with E-state index in [1.54, 1.807) is 6.20 Å². The molecule has 1 rings (SSSR count). The van der Waals surface area contributed by atoms with Gasteiger partial charge in [0.2, 0.25) is 0 Å². The van der Waals surface area contributed by atoms with Crippen molar-refractivity contribution in [3.63, 3.8) is 0 Å². The van der Waals surface area contributed by atoms with Gasteiger partial charge in [-0.2, -0.15) is 0 Å². The topological polar surface area (TPSA) is 63.0 Å². The molecule has 0 spiro atoms. The molecule has 0 aliphatic carbocycles. The second-order valence-electron chi connectivity index (χ2n) is 2.51. The zero-order chi connectivity index (χ0) is 9.52. The predicted molar refractivity (Wildman–Crippen MR) is 55.9 cm³/mol. The van der Waals surface area contributed by atoms with Crippen LogP contribution in [0.15, 0.2) is 24.5 Å². The van der Waals surface area contributed by atoms with E-state index in [1.165, 1.54) is 5.56 Å². The molecule has 0 fully saturated rings. The molecule has 4 N–H and O–H groups in total.